The van der Waals surface area contributed by atoms with Gasteiger partial charge in [0.1, 0.15) is 6.04 Å². The molecule has 2 amide bonds. The number of likely N-dealkylation sites (N-methyl/N-ethyl adjacent to an activating group) is 1. The molecule has 5 nitrogen and oxygen atoms in total. The monoisotopic (exact) mass is 346 g/mol. The van der Waals surface area contributed by atoms with E-state index >= 15 is 0 Å². The van der Waals surface area contributed by atoms with E-state index in [1.165, 1.54) is 11.3 Å². The average Bonchev–Trinajstić information content (AvgIpc) is 2.77. The highest BCUT2D eigenvalue weighted by Gasteiger charge is 2.33. The maximum absolute atomic E-state index is 12.5. The van der Waals surface area contributed by atoms with Crippen LogP contribution in [-0.2, 0) is 9.53 Å². The van der Waals surface area contributed by atoms with Crippen LogP contribution < -0.4 is 5.32 Å². The van der Waals surface area contributed by atoms with E-state index in [0.29, 0.717) is 18.0 Å². The summed E-state index contributed by atoms with van der Waals surface area (Å²) in [7, 11) is 1.56. The zero-order valence-electron chi connectivity index (χ0n) is 10.7. The van der Waals surface area contributed by atoms with Gasteiger partial charge >= 0.3 is 0 Å². The second-order valence-electron chi connectivity index (χ2n) is 4.27. The average molecular weight is 347 g/mol. The van der Waals surface area contributed by atoms with Crippen molar-refractivity contribution >= 4 is 39.1 Å². The number of nitrogens with zero attached hydrogens (tertiary/aromatic N) is 1. The predicted octanol–water partition coefficient (Wildman–Crippen LogP) is 1.41. The van der Waals surface area contributed by atoms with E-state index in [4.69, 9.17) is 4.74 Å². The van der Waals surface area contributed by atoms with Crippen LogP contribution in [0, 0.1) is 6.92 Å². The number of hydrogen-bond donors (Lipinski definition) is 1. The molecular formula is C12H15BrN2O3S. The lowest BCUT2D eigenvalue weighted by Gasteiger charge is -2.33. The summed E-state index contributed by atoms with van der Waals surface area (Å²) in [5.74, 6) is -0.309. The van der Waals surface area contributed by atoms with Crippen LogP contribution in [0.3, 0.4) is 0 Å². The second-order valence-corrected chi connectivity index (χ2v) is 6.64. The molecule has 1 fully saturated rings. The molecule has 1 aromatic rings. The molecule has 1 aromatic heterocycles. The van der Waals surface area contributed by atoms with Gasteiger partial charge in [-0.1, -0.05) is 0 Å². The van der Waals surface area contributed by atoms with E-state index in [9.17, 15) is 9.59 Å². The molecule has 0 radical (unpaired) electrons. The summed E-state index contributed by atoms with van der Waals surface area (Å²) in [5.41, 5.74) is 1.03. The van der Waals surface area contributed by atoms with E-state index in [0.717, 1.165) is 9.35 Å². The topological polar surface area (TPSA) is 58.6 Å². The third-order valence-corrected chi connectivity index (χ3v) is 5.13. The molecule has 104 valence electrons. The van der Waals surface area contributed by atoms with Crippen molar-refractivity contribution in [2.24, 2.45) is 0 Å². The molecule has 19 heavy (non-hydrogen) atoms. The van der Waals surface area contributed by atoms with E-state index in [-0.39, 0.29) is 18.4 Å². The number of ether oxygens (including phenoxy) is 1. The number of halogens is 1. The summed E-state index contributed by atoms with van der Waals surface area (Å²) < 4.78 is 6.23. The molecule has 2 rings (SSSR count). The zero-order valence-corrected chi connectivity index (χ0v) is 13.1. The zero-order chi connectivity index (χ0) is 14.0. The Bertz CT molecular complexity index is 484. The van der Waals surface area contributed by atoms with Crippen LogP contribution in [0.1, 0.15) is 15.2 Å². The van der Waals surface area contributed by atoms with E-state index in [1.54, 1.807) is 11.9 Å². The summed E-state index contributed by atoms with van der Waals surface area (Å²) in [6.07, 6.45) is 0. The smallest absolute Gasteiger partial charge is 0.264 e. The van der Waals surface area contributed by atoms with Crippen molar-refractivity contribution in [2.45, 2.75) is 13.0 Å². The first kappa shape index (κ1) is 14.5. The molecule has 0 aliphatic carbocycles. The van der Waals surface area contributed by atoms with Gasteiger partial charge in [0.2, 0.25) is 5.91 Å². The fourth-order valence-corrected chi connectivity index (χ4v) is 3.43. The van der Waals surface area contributed by atoms with Crippen molar-refractivity contribution in [1.29, 1.82) is 0 Å². The van der Waals surface area contributed by atoms with Gasteiger partial charge in [0, 0.05) is 13.6 Å². The molecular weight excluding hydrogens is 332 g/mol. The van der Waals surface area contributed by atoms with Crippen LogP contribution in [0.2, 0.25) is 0 Å². The Morgan fingerprint density at radius 1 is 1.58 bits per heavy atom. The number of carbonyl (C=O) groups is 2. The van der Waals surface area contributed by atoms with Crippen molar-refractivity contribution in [3.05, 3.63) is 20.3 Å². The molecule has 7 heteroatoms. The first-order chi connectivity index (χ1) is 9.04. The number of nitrogens with one attached hydrogen (secondary N) is 1. The van der Waals surface area contributed by atoms with Gasteiger partial charge in [-0.2, -0.15) is 0 Å². The van der Waals surface area contributed by atoms with Gasteiger partial charge in [0.05, 0.1) is 21.9 Å². The Morgan fingerprint density at radius 3 is 2.89 bits per heavy atom. The molecule has 1 atom stereocenters. The molecule has 1 saturated heterocycles. The SMILES string of the molecule is CNC(=O)C1COCCN1C(=O)c1cc(C)c(Br)s1. The number of rotatable bonds is 2. The quantitative estimate of drug-likeness (QED) is 0.880. The summed E-state index contributed by atoms with van der Waals surface area (Å²) in [6, 6.07) is 1.29. The number of hydrogen-bond acceptors (Lipinski definition) is 4. The normalized spacial score (nSPS) is 19.3. The Kier molecular flexibility index (Phi) is 4.59. The largest absolute Gasteiger partial charge is 0.377 e. The van der Waals surface area contributed by atoms with E-state index in [2.05, 4.69) is 21.2 Å². The Hall–Kier alpha value is -0.920. The third-order valence-electron chi connectivity index (χ3n) is 3.01. The number of amides is 2. The van der Waals surface area contributed by atoms with Gasteiger partial charge in [-0.05, 0) is 34.5 Å². The van der Waals surface area contributed by atoms with E-state index in [1.807, 2.05) is 13.0 Å². The van der Waals surface area contributed by atoms with Gasteiger partial charge in [0.25, 0.3) is 5.91 Å². The third kappa shape index (κ3) is 2.98. The van der Waals surface area contributed by atoms with Gasteiger partial charge in [-0.15, -0.1) is 11.3 Å². The maximum atomic E-state index is 12.5. The minimum absolute atomic E-state index is 0.115. The number of aryl methyl sites for hydroxylation is 1. The highest BCUT2D eigenvalue weighted by molar-refractivity contribution is 9.11. The molecule has 2 heterocycles. The molecule has 1 aliphatic rings. The van der Waals surface area contributed by atoms with Crippen LogP contribution in [0.25, 0.3) is 0 Å². The van der Waals surface area contributed by atoms with Crippen molar-refractivity contribution in [1.82, 2.24) is 10.2 Å². The molecule has 1 aliphatic heterocycles. The Balaban J connectivity index is 2.22. The van der Waals surface area contributed by atoms with Crippen LogP contribution in [0.4, 0.5) is 0 Å². The lowest BCUT2D eigenvalue weighted by atomic mass is 10.2. The van der Waals surface area contributed by atoms with Crippen LogP contribution in [0.15, 0.2) is 9.85 Å². The Labute approximate surface area is 124 Å². The van der Waals surface area contributed by atoms with Gasteiger partial charge < -0.3 is 15.0 Å². The van der Waals surface area contributed by atoms with Gasteiger partial charge in [0.15, 0.2) is 0 Å². The van der Waals surface area contributed by atoms with Gasteiger partial charge in [-0.25, -0.2) is 0 Å². The Morgan fingerprint density at radius 2 is 2.32 bits per heavy atom. The van der Waals surface area contributed by atoms with Gasteiger partial charge in [-0.3, -0.25) is 9.59 Å². The molecule has 1 N–H and O–H groups in total. The van der Waals surface area contributed by atoms with E-state index < -0.39 is 6.04 Å². The first-order valence-electron chi connectivity index (χ1n) is 5.91. The lowest BCUT2D eigenvalue weighted by molar-refractivity contribution is -0.130. The van der Waals surface area contributed by atoms with Crippen LogP contribution >= 0.6 is 27.3 Å². The highest BCUT2D eigenvalue weighted by Crippen LogP contribution is 2.29. The lowest BCUT2D eigenvalue weighted by Crippen LogP contribution is -2.55. The number of carbonyl (C=O) groups excluding carboxylic acids is 2. The first-order valence-corrected chi connectivity index (χ1v) is 7.51. The van der Waals surface area contributed by atoms with Crippen LogP contribution in [-0.4, -0.2) is 49.6 Å². The predicted molar refractivity (Wildman–Crippen MR) is 76.5 cm³/mol. The number of morpholine rings is 1. The fraction of sp³-hybridized carbons (Fsp3) is 0.500. The van der Waals surface area contributed by atoms with Crippen LogP contribution in [0.5, 0.6) is 0 Å². The summed E-state index contributed by atoms with van der Waals surface area (Å²) >= 11 is 4.80. The molecule has 0 aromatic carbocycles. The minimum atomic E-state index is -0.549. The highest BCUT2D eigenvalue weighted by atomic mass is 79.9. The van der Waals surface area contributed by atoms with Crippen molar-refractivity contribution < 1.29 is 14.3 Å². The number of thiophene rings is 1. The standard InChI is InChI=1S/C12H15BrN2O3S/c1-7-5-9(19-10(7)13)12(17)15-3-4-18-6-8(15)11(16)14-2/h5,8H,3-4,6H2,1-2H3,(H,14,16). The molecule has 0 bridgehead atoms. The maximum Gasteiger partial charge on any atom is 0.264 e. The second kappa shape index (κ2) is 6.02. The summed E-state index contributed by atoms with van der Waals surface area (Å²) in [6.45, 7) is 3.08. The van der Waals surface area contributed by atoms with Crippen molar-refractivity contribution in [3.63, 3.8) is 0 Å². The fourth-order valence-electron chi connectivity index (χ4n) is 1.94. The van der Waals surface area contributed by atoms with Crippen molar-refractivity contribution in [3.8, 4) is 0 Å². The molecule has 0 saturated carbocycles. The molecule has 1 unspecified atom stereocenters. The summed E-state index contributed by atoms with van der Waals surface area (Å²) in [4.78, 5) is 26.5. The van der Waals surface area contributed by atoms with Crippen molar-refractivity contribution in [2.75, 3.05) is 26.8 Å². The molecule has 0 spiro atoms. The minimum Gasteiger partial charge on any atom is -0.377 e. The summed E-state index contributed by atoms with van der Waals surface area (Å²) in [5, 5.41) is 2.57.